The number of aromatic nitrogens is 2. The van der Waals surface area contributed by atoms with Crippen molar-refractivity contribution in [3.63, 3.8) is 0 Å². The molecule has 0 aliphatic heterocycles. The summed E-state index contributed by atoms with van der Waals surface area (Å²) in [5.41, 5.74) is 1.46. The summed E-state index contributed by atoms with van der Waals surface area (Å²) in [6.07, 6.45) is 6.34. The van der Waals surface area contributed by atoms with E-state index in [1.807, 2.05) is 11.6 Å². The molecule has 0 atom stereocenters. The van der Waals surface area contributed by atoms with Crippen molar-refractivity contribution in [1.29, 1.82) is 5.26 Å². The SMILES string of the molecule is Cn1ccnc1Sc1ccc(F)cc1NC(=O)/C=C/c1ccccc1C#N. The highest BCUT2D eigenvalue weighted by atomic mass is 32.2. The number of amides is 1. The van der Waals surface area contributed by atoms with Crippen LogP contribution in [0.4, 0.5) is 10.1 Å². The number of aryl methyl sites for hydroxylation is 1. The quantitative estimate of drug-likeness (QED) is 0.675. The molecule has 1 N–H and O–H groups in total. The molecule has 27 heavy (non-hydrogen) atoms. The van der Waals surface area contributed by atoms with Crippen LogP contribution in [0.3, 0.4) is 0 Å². The van der Waals surface area contributed by atoms with E-state index in [1.54, 1.807) is 48.8 Å². The van der Waals surface area contributed by atoms with Crippen LogP contribution in [0.25, 0.3) is 6.08 Å². The maximum absolute atomic E-state index is 13.7. The molecule has 134 valence electrons. The average Bonchev–Trinajstić information content (AvgIpc) is 3.07. The fraction of sp³-hybridized carbons (Fsp3) is 0.0500. The normalized spacial score (nSPS) is 10.7. The third-order valence-corrected chi connectivity index (χ3v) is 4.83. The highest BCUT2D eigenvalue weighted by molar-refractivity contribution is 7.99. The monoisotopic (exact) mass is 378 g/mol. The van der Waals surface area contributed by atoms with Crippen molar-refractivity contribution in [2.24, 2.45) is 7.05 Å². The van der Waals surface area contributed by atoms with Crippen molar-refractivity contribution in [3.05, 3.63) is 77.9 Å². The summed E-state index contributed by atoms with van der Waals surface area (Å²) in [5.74, 6) is -0.872. The fourth-order valence-electron chi connectivity index (χ4n) is 2.32. The van der Waals surface area contributed by atoms with Gasteiger partial charge in [0, 0.05) is 30.4 Å². The topological polar surface area (TPSA) is 70.7 Å². The minimum atomic E-state index is -0.451. The first-order chi connectivity index (χ1) is 13.1. The van der Waals surface area contributed by atoms with Crippen LogP contribution in [-0.4, -0.2) is 15.5 Å². The fourth-order valence-corrected chi connectivity index (χ4v) is 3.19. The lowest BCUT2D eigenvalue weighted by atomic mass is 10.1. The number of carbonyl (C=O) groups excluding carboxylic acids is 1. The van der Waals surface area contributed by atoms with E-state index >= 15 is 0 Å². The second kappa shape index (κ2) is 8.34. The van der Waals surface area contributed by atoms with Crippen molar-refractivity contribution >= 4 is 29.4 Å². The first-order valence-corrected chi connectivity index (χ1v) is 8.81. The number of nitriles is 1. The molecule has 0 aliphatic carbocycles. The molecule has 0 unspecified atom stereocenters. The van der Waals surface area contributed by atoms with Crippen molar-refractivity contribution in [1.82, 2.24) is 9.55 Å². The van der Waals surface area contributed by atoms with Gasteiger partial charge >= 0.3 is 0 Å². The average molecular weight is 378 g/mol. The summed E-state index contributed by atoms with van der Waals surface area (Å²) >= 11 is 1.32. The Morgan fingerprint density at radius 2 is 2.15 bits per heavy atom. The molecule has 0 saturated heterocycles. The van der Waals surface area contributed by atoms with Crippen LogP contribution in [0.1, 0.15) is 11.1 Å². The zero-order chi connectivity index (χ0) is 19.2. The predicted octanol–water partition coefficient (Wildman–Crippen LogP) is 4.23. The molecule has 1 heterocycles. The van der Waals surface area contributed by atoms with Gasteiger partial charge in [-0.25, -0.2) is 9.37 Å². The van der Waals surface area contributed by atoms with Crippen molar-refractivity contribution in [2.75, 3.05) is 5.32 Å². The Balaban J connectivity index is 1.79. The molecule has 1 aromatic heterocycles. The number of anilines is 1. The zero-order valence-corrected chi connectivity index (χ0v) is 15.2. The van der Waals surface area contributed by atoms with Gasteiger partial charge in [0.05, 0.1) is 17.3 Å². The van der Waals surface area contributed by atoms with Gasteiger partial charge < -0.3 is 9.88 Å². The van der Waals surface area contributed by atoms with E-state index < -0.39 is 11.7 Å². The molecule has 7 heteroatoms. The Morgan fingerprint density at radius 3 is 2.89 bits per heavy atom. The maximum Gasteiger partial charge on any atom is 0.248 e. The van der Waals surface area contributed by atoms with E-state index in [9.17, 15) is 9.18 Å². The zero-order valence-electron chi connectivity index (χ0n) is 14.4. The molecule has 0 fully saturated rings. The van der Waals surface area contributed by atoms with Crippen LogP contribution in [-0.2, 0) is 11.8 Å². The standard InChI is InChI=1S/C20H15FN4OS/c1-25-11-10-23-20(25)27-18-8-7-16(21)12-17(18)24-19(26)9-6-14-4-2-3-5-15(14)13-22/h2-12H,1H3,(H,24,26)/b9-6+. The third-order valence-electron chi connectivity index (χ3n) is 3.67. The summed E-state index contributed by atoms with van der Waals surface area (Å²) in [6, 6.07) is 13.2. The number of rotatable bonds is 5. The van der Waals surface area contributed by atoms with Crippen molar-refractivity contribution < 1.29 is 9.18 Å². The number of imidazole rings is 1. The Kier molecular flexibility index (Phi) is 5.69. The number of hydrogen-bond donors (Lipinski definition) is 1. The van der Waals surface area contributed by atoms with E-state index in [0.29, 0.717) is 21.7 Å². The summed E-state index contributed by atoms with van der Waals surface area (Å²) in [7, 11) is 1.85. The van der Waals surface area contributed by atoms with E-state index in [-0.39, 0.29) is 0 Å². The molecular formula is C20H15FN4OS. The van der Waals surface area contributed by atoms with Gasteiger partial charge in [0.25, 0.3) is 0 Å². The van der Waals surface area contributed by atoms with Crippen LogP contribution < -0.4 is 5.32 Å². The summed E-state index contributed by atoms with van der Waals surface area (Å²) < 4.78 is 15.5. The molecule has 0 bridgehead atoms. The molecular weight excluding hydrogens is 363 g/mol. The molecule has 1 amide bonds. The molecule has 0 saturated carbocycles. The van der Waals surface area contributed by atoms with Gasteiger partial charge in [0.2, 0.25) is 5.91 Å². The lowest BCUT2D eigenvalue weighted by molar-refractivity contribution is -0.111. The Morgan fingerprint density at radius 1 is 1.33 bits per heavy atom. The van der Waals surface area contributed by atoms with Gasteiger partial charge in [-0.3, -0.25) is 4.79 Å². The van der Waals surface area contributed by atoms with E-state index in [4.69, 9.17) is 5.26 Å². The van der Waals surface area contributed by atoms with Gasteiger partial charge in [-0.15, -0.1) is 0 Å². The summed E-state index contributed by atoms with van der Waals surface area (Å²) in [5, 5.41) is 12.5. The van der Waals surface area contributed by atoms with Crippen LogP contribution in [0.2, 0.25) is 0 Å². The summed E-state index contributed by atoms with van der Waals surface area (Å²) in [4.78, 5) is 17.2. The van der Waals surface area contributed by atoms with Gasteiger partial charge in [-0.1, -0.05) is 18.2 Å². The molecule has 0 radical (unpaired) electrons. The van der Waals surface area contributed by atoms with Gasteiger partial charge in [-0.2, -0.15) is 5.26 Å². The largest absolute Gasteiger partial charge is 0.329 e. The predicted molar refractivity (Wildman–Crippen MR) is 103 cm³/mol. The van der Waals surface area contributed by atoms with Gasteiger partial charge in [0.1, 0.15) is 5.82 Å². The Labute approximate surface area is 160 Å². The number of carbonyl (C=O) groups is 1. The Bertz CT molecular complexity index is 1050. The number of nitrogens with zero attached hydrogens (tertiary/aromatic N) is 3. The highest BCUT2D eigenvalue weighted by Gasteiger charge is 2.11. The van der Waals surface area contributed by atoms with Crippen LogP contribution in [0.5, 0.6) is 0 Å². The van der Waals surface area contributed by atoms with Crippen LogP contribution >= 0.6 is 11.8 Å². The number of halogens is 1. The minimum absolute atomic E-state index is 0.353. The number of hydrogen-bond acceptors (Lipinski definition) is 4. The maximum atomic E-state index is 13.7. The number of benzene rings is 2. The smallest absolute Gasteiger partial charge is 0.248 e. The molecule has 3 rings (SSSR count). The van der Waals surface area contributed by atoms with E-state index in [1.165, 1.54) is 30.0 Å². The first-order valence-electron chi connectivity index (χ1n) is 8.00. The second-order valence-corrected chi connectivity index (χ2v) is 6.59. The molecule has 5 nitrogen and oxygen atoms in total. The van der Waals surface area contributed by atoms with E-state index in [2.05, 4.69) is 16.4 Å². The lowest BCUT2D eigenvalue weighted by Crippen LogP contribution is -2.09. The first kappa shape index (κ1) is 18.4. The lowest BCUT2D eigenvalue weighted by Gasteiger charge is -2.09. The van der Waals surface area contributed by atoms with Crippen LogP contribution in [0.15, 0.2) is 71.0 Å². The highest BCUT2D eigenvalue weighted by Crippen LogP contribution is 2.32. The molecule has 0 aliphatic rings. The summed E-state index contributed by atoms with van der Waals surface area (Å²) in [6.45, 7) is 0. The van der Waals surface area contributed by atoms with Crippen LogP contribution in [0, 0.1) is 17.1 Å². The third kappa shape index (κ3) is 4.63. The van der Waals surface area contributed by atoms with Gasteiger partial charge in [-0.05, 0) is 47.7 Å². The second-order valence-electron chi connectivity index (χ2n) is 5.58. The Hall–Kier alpha value is -3.37. The van der Waals surface area contributed by atoms with E-state index in [0.717, 1.165) is 5.16 Å². The van der Waals surface area contributed by atoms with Crippen molar-refractivity contribution in [3.8, 4) is 6.07 Å². The number of nitrogens with one attached hydrogen (secondary N) is 1. The minimum Gasteiger partial charge on any atom is -0.329 e. The van der Waals surface area contributed by atoms with Crippen molar-refractivity contribution in [2.45, 2.75) is 10.1 Å². The molecule has 0 spiro atoms. The molecule has 2 aromatic carbocycles. The molecule has 3 aromatic rings. The van der Waals surface area contributed by atoms with Gasteiger partial charge in [0.15, 0.2) is 5.16 Å².